The number of phenols is 1. The Morgan fingerprint density at radius 1 is 1.21 bits per heavy atom. The highest BCUT2D eigenvalue weighted by Crippen LogP contribution is 2.48. The molecule has 3 nitrogen and oxygen atoms in total. The summed E-state index contributed by atoms with van der Waals surface area (Å²) in [4.78, 5) is 2.55. The topological polar surface area (TPSA) is 35.5 Å². The Morgan fingerprint density at radius 2 is 1.89 bits per heavy atom. The Kier molecular flexibility index (Phi) is 4.55. The second-order valence-corrected chi connectivity index (χ2v) is 7.80. The Bertz CT molecular complexity index is 471. The van der Waals surface area contributed by atoms with Crippen molar-refractivity contribution in [2.24, 2.45) is 5.92 Å². The summed E-state index contributed by atoms with van der Waals surface area (Å²) in [6.07, 6.45) is 2.60. The smallest absolute Gasteiger partial charge is 0.133 e. The van der Waals surface area contributed by atoms with Crippen molar-refractivity contribution in [3.05, 3.63) is 24.8 Å². The molecule has 19 heavy (non-hydrogen) atoms. The van der Waals surface area contributed by atoms with Crippen molar-refractivity contribution in [3.63, 3.8) is 0 Å². The number of rotatable bonds is 3. The summed E-state index contributed by atoms with van der Waals surface area (Å²) < 4.78 is 2.19. The first-order chi connectivity index (χ1) is 9.16. The average Bonchev–Trinajstić information content (AvgIpc) is 3.21. The molecular formula is C14H18I2N2O. The van der Waals surface area contributed by atoms with Crippen LogP contribution in [-0.4, -0.2) is 36.2 Å². The molecule has 2 N–H and O–H groups in total. The van der Waals surface area contributed by atoms with Gasteiger partial charge >= 0.3 is 0 Å². The summed E-state index contributed by atoms with van der Waals surface area (Å²) in [6, 6.07) is 4.62. The van der Waals surface area contributed by atoms with E-state index in [1.807, 2.05) is 6.07 Å². The van der Waals surface area contributed by atoms with Crippen molar-refractivity contribution in [2.75, 3.05) is 26.2 Å². The standard InChI is InChI=1S/C14H18I2N2O/c15-10-7-11(14(19)12(16)8-10)13(9-1-2-9)18-5-3-17-4-6-18/h7-9,13,17,19H,1-6H2/t13-/m1/s1. The molecule has 1 aromatic carbocycles. The van der Waals surface area contributed by atoms with Crippen molar-refractivity contribution in [3.8, 4) is 5.75 Å². The largest absolute Gasteiger partial charge is 0.506 e. The van der Waals surface area contributed by atoms with Crippen LogP contribution in [0.3, 0.4) is 0 Å². The van der Waals surface area contributed by atoms with E-state index in [9.17, 15) is 5.11 Å². The fourth-order valence-corrected chi connectivity index (χ4v) is 4.82. The highest BCUT2D eigenvalue weighted by Gasteiger charge is 2.38. The molecule has 1 aliphatic heterocycles. The molecule has 5 heteroatoms. The number of hydrogen-bond donors (Lipinski definition) is 2. The lowest BCUT2D eigenvalue weighted by Gasteiger charge is -2.36. The quantitative estimate of drug-likeness (QED) is 0.649. The predicted octanol–water partition coefficient (Wildman–Crippen LogP) is 2.96. The Morgan fingerprint density at radius 3 is 2.53 bits per heavy atom. The minimum Gasteiger partial charge on any atom is -0.506 e. The molecule has 1 aliphatic carbocycles. The van der Waals surface area contributed by atoms with E-state index in [1.165, 1.54) is 16.4 Å². The van der Waals surface area contributed by atoms with Gasteiger partial charge in [0.25, 0.3) is 0 Å². The number of nitrogens with one attached hydrogen (secondary N) is 1. The monoisotopic (exact) mass is 484 g/mol. The second kappa shape index (κ2) is 6.03. The zero-order valence-corrected chi connectivity index (χ0v) is 15.0. The molecule has 0 spiro atoms. The molecule has 0 bridgehead atoms. The normalized spacial score (nSPS) is 22.4. The van der Waals surface area contributed by atoms with Gasteiger partial charge in [0, 0.05) is 41.4 Å². The van der Waals surface area contributed by atoms with Crippen molar-refractivity contribution in [2.45, 2.75) is 18.9 Å². The lowest BCUT2D eigenvalue weighted by molar-refractivity contribution is 0.153. The lowest BCUT2D eigenvalue weighted by atomic mass is 9.99. The maximum absolute atomic E-state index is 10.4. The van der Waals surface area contributed by atoms with E-state index in [2.05, 4.69) is 61.5 Å². The second-order valence-electron chi connectivity index (χ2n) is 5.39. The molecule has 1 saturated carbocycles. The molecule has 3 rings (SSSR count). The van der Waals surface area contributed by atoms with E-state index in [-0.39, 0.29) is 0 Å². The van der Waals surface area contributed by atoms with Crippen LogP contribution in [0, 0.1) is 13.1 Å². The van der Waals surface area contributed by atoms with Crippen LogP contribution in [-0.2, 0) is 0 Å². The van der Waals surface area contributed by atoms with E-state index in [0.29, 0.717) is 11.8 Å². The fourth-order valence-electron chi connectivity index (χ4n) is 2.93. The van der Waals surface area contributed by atoms with Crippen molar-refractivity contribution < 1.29 is 5.11 Å². The summed E-state index contributed by atoms with van der Waals surface area (Å²) in [7, 11) is 0. The van der Waals surface area contributed by atoms with E-state index in [4.69, 9.17) is 0 Å². The first kappa shape index (κ1) is 14.3. The van der Waals surface area contributed by atoms with Crippen LogP contribution in [0.25, 0.3) is 0 Å². The number of hydrogen-bond acceptors (Lipinski definition) is 3. The maximum atomic E-state index is 10.4. The summed E-state index contributed by atoms with van der Waals surface area (Å²) in [5.74, 6) is 1.23. The van der Waals surface area contributed by atoms with E-state index >= 15 is 0 Å². The molecule has 104 valence electrons. The van der Waals surface area contributed by atoms with E-state index in [1.54, 1.807) is 0 Å². The highest BCUT2D eigenvalue weighted by atomic mass is 127. The molecule has 0 aromatic heterocycles. The zero-order valence-electron chi connectivity index (χ0n) is 10.7. The van der Waals surface area contributed by atoms with Crippen LogP contribution in [0.2, 0.25) is 0 Å². The molecule has 1 heterocycles. The van der Waals surface area contributed by atoms with Crippen LogP contribution >= 0.6 is 45.2 Å². The number of nitrogens with zero attached hydrogens (tertiary/aromatic N) is 1. The zero-order chi connectivity index (χ0) is 13.4. The van der Waals surface area contributed by atoms with Gasteiger partial charge in [0.15, 0.2) is 0 Å². The van der Waals surface area contributed by atoms with Gasteiger partial charge in [0.1, 0.15) is 5.75 Å². The maximum Gasteiger partial charge on any atom is 0.133 e. The summed E-state index contributed by atoms with van der Waals surface area (Å²) in [5, 5.41) is 13.9. The summed E-state index contributed by atoms with van der Waals surface area (Å²) in [6.45, 7) is 4.29. The minimum atomic E-state index is 0.408. The molecule has 0 amide bonds. The number of benzene rings is 1. The third-order valence-electron chi connectivity index (χ3n) is 3.99. The van der Waals surface area contributed by atoms with Gasteiger partial charge in [-0.15, -0.1) is 0 Å². The summed E-state index contributed by atoms with van der Waals surface area (Å²) >= 11 is 4.59. The Hall–Kier alpha value is 0.400. The first-order valence-electron chi connectivity index (χ1n) is 6.79. The molecule has 1 aromatic rings. The average molecular weight is 484 g/mol. The minimum absolute atomic E-state index is 0.408. The third kappa shape index (κ3) is 3.19. The van der Waals surface area contributed by atoms with Gasteiger partial charge in [0.2, 0.25) is 0 Å². The Labute approximate surface area is 141 Å². The predicted molar refractivity (Wildman–Crippen MR) is 93.4 cm³/mol. The molecule has 2 aliphatic rings. The van der Waals surface area contributed by atoms with Gasteiger partial charge < -0.3 is 10.4 Å². The molecule has 1 atom stereocenters. The highest BCUT2D eigenvalue weighted by molar-refractivity contribution is 14.1. The van der Waals surface area contributed by atoms with Crippen molar-refractivity contribution in [1.29, 1.82) is 0 Å². The molecule has 2 fully saturated rings. The van der Waals surface area contributed by atoms with E-state index < -0.39 is 0 Å². The van der Waals surface area contributed by atoms with Crippen molar-refractivity contribution >= 4 is 45.2 Å². The summed E-state index contributed by atoms with van der Waals surface area (Å²) in [5.41, 5.74) is 1.14. The first-order valence-corrected chi connectivity index (χ1v) is 8.95. The SMILES string of the molecule is Oc1c(I)cc(I)cc1[C@@H](C1CC1)N1CCNCC1. The van der Waals surface area contributed by atoms with Crippen LogP contribution in [0.15, 0.2) is 12.1 Å². The van der Waals surface area contributed by atoms with Gasteiger partial charge in [-0.1, -0.05) is 0 Å². The molecule has 0 unspecified atom stereocenters. The van der Waals surface area contributed by atoms with Gasteiger partial charge in [-0.2, -0.15) is 0 Å². The number of halogens is 2. The third-order valence-corrected chi connectivity index (χ3v) is 5.43. The molecule has 1 saturated heterocycles. The van der Waals surface area contributed by atoms with Crippen LogP contribution in [0.4, 0.5) is 0 Å². The van der Waals surface area contributed by atoms with E-state index in [0.717, 1.165) is 41.2 Å². The van der Waals surface area contributed by atoms with Crippen LogP contribution < -0.4 is 5.32 Å². The molecule has 0 radical (unpaired) electrons. The van der Waals surface area contributed by atoms with Crippen LogP contribution in [0.5, 0.6) is 5.75 Å². The van der Waals surface area contributed by atoms with Gasteiger partial charge in [0.05, 0.1) is 3.57 Å². The van der Waals surface area contributed by atoms with Crippen LogP contribution in [0.1, 0.15) is 24.4 Å². The molecular weight excluding hydrogens is 466 g/mol. The number of piperazine rings is 1. The van der Waals surface area contributed by atoms with Gasteiger partial charge in [-0.05, 0) is 76.1 Å². The Balaban J connectivity index is 1.95. The van der Waals surface area contributed by atoms with Crippen molar-refractivity contribution in [1.82, 2.24) is 10.2 Å². The number of aromatic hydroxyl groups is 1. The van der Waals surface area contributed by atoms with Gasteiger partial charge in [-0.25, -0.2) is 0 Å². The number of phenolic OH excluding ortho intramolecular Hbond substituents is 1. The lowest BCUT2D eigenvalue weighted by Crippen LogP contribution is -2.45. The van der Waals surface area contributed by atoms with Gasteiger partial charge in [-0.3, -0.25) is 4.90 Å². The fraction of sp³-hybridized carbons (Fsp3) is 0.571.